The van der Waals surface area contributed by atoms with Gasteiger partial charge in [0.1, 0.15) is 12.1 Å². The molecule has 0 spiro atoms. The van der Waals surface area contributed by atoms with Gasteiger partial charge in [-0.25, -0.2) is 14.4 Å². The van der Waals surface area contributed by atoms with E-state index in [-0.39, 0.29) is 11.9 Å². The number of likely N-dealkylation sites (N-methyl/N-ethyl adjacent to an activating group) is 1. The molecule has 0 radical (unpaired) electrons. The number of methoxy groups -OCH3 is 1. The molecular weight excluding hydrogens is 269 g/mol. The van der Waals surface area contributed by atoms with Crippen molar-refractivity contribution in [3.63, 3.8) is 0 Å². The fraction of sp³-hybridized carbons (Fsp3) is 0.375. The molecule has 21 heavy (non-hydrogen) atoms. The number of halogens is 1. The first-order valence-electron chi connectivity index (χ1n) is 6.98. The fourth-order valence-electron chi connectivity index (χ4n) is 2.19. The van der Waals surface area contributed by atoms with Gasteiger partial charge in [0.15, 0.2) is 0 Å². The lowest BCUT2D eigenvalue weighted by atomic mass is 10.00. The van der Waals surface area contributed by atoms with E-state index in [0.717, 1.165) is 17.8 Å². The molecule has 1 heterocycles. The number of rotatable bonds is 6. The van der Waals surface area contributed by atoms with Crippen LogP contribution in [0.25, 0.3) is 0 Å². The first-order valence-corrected chi connectivity index (χ1v) is 6.98. The largest absolute Gasteiger partial charge is 0.481 e. The van der Waals surface area contributed by atoms with Crippen molar-refractivity contribution in [3.05, 3.63) is 53.2 Å². The van der Waals surface area contributed by atoms with Crippen molar-refractivity contribution < 1.29 is 9.13 Å². The average Bonchev–Trinajstić information content (AvgIpc) is 2.50. The van der Waals surface area contributed by atoms with E-state index in [2.05, 4.69) is 15.3 Å². The lowest BCUT2D eigenvalue weighted by molar-refractivity contribution is 0.395. The van der Waals surface area contributed by atoms with Crippen LogP contribution in [0.3, 0.4) is 0 Å². The van der Waals surface area contributed by atoms with Crippen LogP contribution in [0, 0.1) is 12.7 Å². The second kappa shape index (κ2) is 7.13. The van der Waals surface area contributed by atoms with Crippen LogP contribution in [0.2, 0.25) is 0 Å². The zero-order chi connectivity index (χ0) is 15.2. The third-order valence-corrected chi connectivity index (χ3v) is 3.37. The Labute approximate surface area is 124 Å². The average molecular weight is 289 g/mol. The van der Waals surface area contributed by atoms with Gasteiger partial charge in [0, 0.05) is 24.2 Å². The molecule has 0 bridgehead atoms. The highest BCUT2D eigenvalue weighted by molar-refractivity contribution is 5.27. The van der Waals surface area contributed by atoms with Crippen molar-refractivity contribution >= 4 is 0 Å². The van der Waals surface area contributed by atoms with Gasteiger partial charge in [-0.05, 0) is 30.7 Å². The maximum absolute atomic E-state index is 13.8. The Balaban J connectivity index is 2.23. The minimum Gasteiger partial charge on any atom is -0.481 e. The van der Waals surface area contributed by atoms with E-state index in [9.17, 15) is 4.39 Å². The van der Waals surface area contributed by atoms with Crippen LogP contribution in [0.1, 0.15) is 29.8 Å². The van der Waals surface area contributed by atoms with Gasteiger partial charge in [0.25, 0.3) is 0 Å². The molecule has 0 aliphatic rings. The molecule has 0 saturated carbocycles. The molecule has 112 valence electrons. The van der Waals surface area contributed by atoms with Gasteiger partial charge in [-0.3, -0.25) is 0 Å². The predicted octanol–water partition coefficient (Wildman–Crippen LogP) is 2.83. The minimum absolute atomic E-state index is 0.00436. The second-order valence-electron chi connectivity index (χ2n) is 4.87. The number of hydrogen-bond donors (Lipinski definition) is 1. The summed E-state index contributed by atoms with van der Waals surface area (Å²) in [6, 6.07) is 7.14. The molecule has 1 N–H and O–H groups in total. The molecule has 0 aliphatic heterocycles. The number of aryl methyl sites for hydroxylation is 1. The lowest BCUT2D eigenvalue weighted by Gasteiger charge is -2.18. The molecule has 5 heteroatoms. The Bertz CT molecular complexity index is 604. The highest BCUT2D eigenvalue weighted by Gasteiger charge is 2.14. The quantitative estimate of drug-likeness (QED) is 0.888. The van der Waals surface area contributed by atoms with Crippen molar-refractivity contribution in [2.75, 3.05) is 13.7 Å². The predicted molar refractivity (Wildman–Crippen MR) is 79.8 cm³/mol. The summed E-state index contributed by atoms with van der Waals surface area (Å²) >= 11 is 0. The van der Waals surface area contributed by atoms with E-state index in [1.54, 1.807) is 32.2 Å². The first-order chi connectivity index (χ1) is 10.1. The van der Waals surface area contributed by atoms with E-state index in [1.807, 2.05) is 13.0 Å². The van der Waals surface area contributed by atoms with Gasteiger partial charge in [-0.2, -0.15) is 0 Å². The number of nitrogens with one attached hydrogen (secondary N) is 1. The summed E-state index contributed by atoms with van der Waals surface area (Å²) in [7, 11) is 1.57. The van der Waals surface area contributed by atoms with Gasteiger partial charge in [-0.1, -0.05) is 19.1 Å². The van der Waals surface area contributed by atoms with E-state index in [1.165, 1.54) is 6.33 Å². The summed E-state index contributed by atoms with van der Waals surface area (Å²) in [4.78, 5) is 8.25. The Morgan fingerprint density at radius 3 is 2.76 bits per heavy atom. The molecule has 0 saturated heterocycles. The molecule has 0 fully saturated rings. The van der Waals surface area contributed by atoms with Crippen molar-refractivity contribution in [2.24, 2.45) is 0 Å². The second-order valence-corrected chi connectivity index (χ2v) is 4.87. The maximum atomic E-state index is 13.8. The number of aromatic nitrogens is 2. The molecule has 0 amide bonds. The number of hydrogen-bond acceptors (Lipinski definition) is 4. The van der Waals surface area contributed by atoms with Crippen LogP contribution in [0.5, 0.6) is 5.88 Å². The van der Waals surface area contributed by atoms with Crippen molar-refractivity contribution in [3.8, 4) is 5.88 Å². The Morgan fingerprint density at radius 1 is 1.29 bits per heavy atom. The van der Waals surface area contributed by atoms with Crippen LogP contribution >= 0.6 is 0 Å². The number of ether oxygens (including phenoxy) is 1. The Morgan fingerprint density at radius 2 is 2.10 bits per heavy atom. The molecular formula is C16H20FN3O. The molecule has 2 rings (SSSR count). The van der Waals surface area contributed by atoms with E-state index in [0.29, 0.717) is 17.9 Å². The maximum Gasteiger partial charge on any atom is 0.216 e. The molecule has 1 aromatic heterocycles. The molecule has 2 aromatic rings. The Kier molecular flexibility index (Phi) is 5.22. The van der Waals surface area contributed by atoms with E-state index < -0.39 is 0 Å². The van der Waals surface area contributed by atoms with Crippen LogP contribution in [0.15, 0.2) is 30.6 Å². The monoisotopic (exact) mass is 289 g/mol. The smallest absolute Gasteiger partial charge is 0.216 e. The standard InChI is InChI=1S/C16H20FN3O/c1-4-18-15(12-6-5-11(2)14(17)7-12)8-13-9-16(21-3)20-10-19-13/h5-7,9-10,15,18H,4,8H2,1-3H3. The van der Waals surface area contributed by atoms with E-state index >= 15 is 0 Å². The Hall–Kier alpha value is -2.01. The molecule has 4 nitrogen and oxygen atoms in total. The molecule has 1 unspecified atom stereocenters. The zero-order valence-corrected chi connectivity index (χ0v) is 12.6. The lowest BCUT2D eigenvalue weighted by Crippen LogP contribution is -2.23. The summed E-state index contributed by atoms with van der Waals surface area (Å²) in [6.45, 7) is 4.58. The molecule has 1 atom stereocenters. The minimum atomic E-state index is -0.185. The summed E-state index contributed by atoms with van der Waals surface area (Å²) < 4.78 is 18.9. The molecule has 0 aliphatic carbocycles. The normalized spacial score (nSPS) is 12.2. The van der Waals surface area contributed by atoms with Crippen LogP contribution in [-0.2, 0) is 6.42 Å². The third-order valence-electron chi connectivity index (χ3n) is 3.37. The topological polar surface area (TPSA) is 47.0 Å². The van der Waals surface area contributed by atoms with Crippen LogP contribution < -0.4 is 10.1 Å². The highest BCUT2D eigenvalue weighted by Crippen LogP contribution is 2.21. The summed E-state index contributed by atoms with van der Waals surface area (Å²) in [5.41, 5.74) is 2.42. The van der Waals surface area contributed by atoms with Gasteiger partial charge in [0.2, 0.25) is 5.88 Å². The summed E-state index contributed by atoms with van der Waals surface area (Å²) in [5.74, 6) is 0.348. The highest BCUT2D eigenvalue weighted by atomic mass is 19.1. The van der Waals surface area contributed by atoms with Crippen molar-refractivity contribution in [2.45, 2.75) is 26.3 Å². The summed E-state index contributed by atoms with van der Waals surface area (Å²) in [6.07, 6.45) is 2.13. The van der Waals surface area contributed by atoms with Gasteiger partial charge in [0.05, 0.1) is 7.11 Å². The first kappa shape index (κ1) is 15.4. The number of nitrogens with zero attached hydrogens (tertiary/aromatic N) is 2. The van der Waals surface area contributed by atoms with Gasteiger partial charge < -0.3 is 10.1 Å². The fourth-order valence-corrected chi connectivity index (χ4v) is 2.19. The third kappa shape index (κ3) is 3.98. The van der Waals surface area contributed by atoms with E-state index in [4.69, 9.17) is 4.74 Å². The van der Waals surface area contributed by atoms with Gasteiger partial charge >= 0.3 is 0 Å². The van der Waals surface area contributed by atoms with Gasteiger partial charge in [-0.15, -0.1) is 0 Å². The number of benzene rings is 1. The van der Waals surface area contributed by atoms with Crippen LogP contribution in [0.4, 0.5) is 4.39 Å². The van der Waals surface area contributed by atoms with Crippen LogP contribution in [-0.4, -0.2) is 23.6 Å². The molecule has 1 aromatic carbocycles. The SMILES string of the molecule is CCNC(Cc1cc(OC)ncn1)c1ccc(C)c(F)c1. The zero-order valence-electron chi connectivity index (χ0n) is 12.6. The van der Waals surface area contributed by atoms with Crippen molar-refractivity contribution in [1.29, 1.82) is 0 Å². The summed E-state index contributed by atoms with van der Waals surface area (Å²) in [5, 5.41) is 3.36. The van der Waals surface area contributed by atoms with Crippen molar-refractivity contribution in [1.82, 2.24) is 15.3 Å².